The number of carbonyl (C=O) groups excluding carboxylic acids is 1. The summed E-state index contributed by atoms with van der Waals surface area (Å²) in [5.41, 5.74) is -0.746. The van der Waals surface area contributed by atoms with Crippen molar-refractivity contribution in [3.63, 3.8) is 0 Å². The van der Waals surface area contributed by atoms with Crippen molar-refractivity contribution in [2.75, 3.05) is 6.54 Å². The number of phenolic OH excluding ortho intramolecular Hbond substituents is 1. The Morgan fingerprint density at radius 3 is 2.36 bits per heavy atom. The van der Waals surface area contributed by atoms with E-state index in [2.05, 4.69) is 0 Å². The van der Waals surface area contributed by atoms with Gasteiger partial charge in [0.25, 0.3) is 0 Å². The summed E-state index contributed by atoms with van der Waals surface area (Å²) in [6.07, 6.45) is -0.809. The standard InChI is InChI=1S/C15H20FNO5/c1-5-17(14(21)22-15(2,3)4)12(13(19)20)9-6-7-11(18)10(16)8-9/h6-8,12,18H,5H2,1-4H3,(H,19,20). The highest BCUT2D eigenvalue weighted by molar-refractivity contribution is 5.81. The van der Waals surface area contributed by atoms with E-state index in [1.165, 1.54) is 6.07 Å². The highest BCUT2D eigenvalue weighted by Gasteiger charge is 2.33. The third kappa shape index (κ3) is 4.34. The molecule has 0 saturated heterocycles. The van der Waals surface area contributed by atoms with Gasteiger partial charge in [0.15, 0.2) is 17.6 Å². The summed E-state index contributed by atoms with van der Waals surface area (Å²) in [5.74, 6) is -2.87. The van der Waals surface area contributed by atoms with Crippen LogP contribution in [0.5, 0.6) is 5.75 Å². The first kappa shape index (κ1) is 17.7. The van der Waals surface area contributed by atoms with Gasteiger partial charge in [-0.25, -0.2) is 14.0 Å². The second-order valence-electron chi connectivity index (χ2n) is 5.72. The number of amides is 1. The molecule has 7 heteroatoms. The second kappa shape index (κ2) is 6.64. The van der Waals surface area contributed by atoms with E-state index < -0.39 is 35.3 Å². The smallest absolute Gasteiger partial charge is 0.411 e. The molecule has 0 saturated carbocycles. The first-order valence-electron chi connectivity index (χ1n) is 6.77. The lowest BCUT2D eigenvalue weighted by molar-refractivity contribution is -0.143. The van der Waals surface area contributed by atoms with Gasteiger partial charge in [-0.3, -0.25) is 4.90 Å². The van der Waals surface area contributed by atoms with Gasteiger partial charge in [-0.15, -0.1) is 0 Å². The Morgan fingerprint density at radius 2 is 1.95 bits per heavy atom. The quantitative estimate of drug-likeness (QED) is 0.892. The van der Waals surface area contributed by atoms with Crippen LogP contribution in [0.1, 0.15) is 39.3 Å². The fraction of sp³-hybridized carbons (Fsp3) is 0.467. The molecular formula is C15H20FNO5. The van der Waals surface area contributed by atoms with E-state index in [0.29, 0.717) is 0 Å². The predicted octanol–water partition coefficient (Wildman–Crippen LogP) is 2.91. The summed E-state index contributed by atoms with van der Waals surface area (Å²) in [5, 5.41) is 18.6. The van der Waals surface area contributed by atoms with Gasteiger partial charge in [0, 0.05) is 6.54 Å². The van der Waals surface area contributed by atoms with Gasteiger partial charge in [0.1, 0.15) is 5.60 Å². The van der Waals surface area contributed by atoms with Gasteiger partial charge in [0.05, 0.1) is 0 Å². The largest absolute Gasteiger partial charge is 0.505 e. The van der Waals surface area contributed by atoms with Crippen LogP contribution in [0.2, 0.25) is 0 Å². The summed E-state index contributed by atoms with van der Waals surface area (Å²) >= 11 is 0. The van der Waals surface area contributed by atoms with Crippen LogP contribution in [0.3, 0.4) is 0 Å². The Bertz CT molecular complexity index is 568. The van der Waals surface area contributed by atoms with E-state index >= 15 is 0 Å². The number of benzene rings is 1. The summed E-state index contributed by atoms with van der Waals surface area (Å²) in [7, 11) is 0. The van der Waals surface area contributed by atoms with Crippen molar-refractivity contribution in [2.45, 2.75) is 39.3 Å². The van der Waals surface area contributed by atoms with Gasteiger partial charge in [-0.1, -0.05) is 6.07 Å². The molecule has 0 bridgehead atoms. The average molecular weight is 313 g/mol. The van der Waals surface area contributed by atoms with Crippen LogP contribution in [0.25, 0.3) is 0 Å². The van der Waals surface area contributed by atoms with Crippen molar-refractivity contribution >= 4 is 12.1 Å². The highest BCUT2D eigenvalue weighted by atomic mass is 19.1. The number of aliphatic carboxylic acids is 1. The number of ether oxygens (including phenoxy) is 1. The zero-order valence-electron chi connectivity index (χ0n) is 13.0. The van der Waals surface area contributed by atoms with Crippen molar-refractivity contribution in [3.05, 3.63) is 29.6 Å². The van der Waals surface area contributed by atoms with Gasteiger partial charge >= 0.3 is 12.1 Å². The number of carbonyl (C=O) groups is 2. The Kier molecular flexibility index (Phi) is 5.35. The normalized spacial score (nSPS) is 12.6. The molecule has 6 nitrogen and oxygen atoms in total. The fourth-order valence-electron chi connectivity index (χ4n) is 1.89. The van der Waals surface area contributed by atoms with Gasteiger partial charge in [0.2, 0.25) is 0 Å². The summed E-state index contributed by atoms with van der Waals surface area (Å²) in [4.78, 5) is 24.7. The number of phenols is 1. The lowest BCUT2D eigenvalue weighted by Crippen LogP contribution is -2.42. The van der Waals surface area contributed by atoms with E-state index in [4.69, 9.17) is 4.74 Å². The number of carboxylic acids is 1. The lowest BCUT2D eigenvalue weighted by Gasteiger charge is -2.30. The van der Waals surface area contributed by atoms with Gasteiger partial charge < -0.3 is 14.9 Å². The number of carboxylic acid groups (broad SMARTS) is 1. The summed E-state index contributed by atoms with van der Waals surface area (Å²) in [6.45, 7) is 6.64. The second-order valence-corrected chi connectivity index (χ2v) is 5.72. The first-order valence-corrected chi connectivity index (χ1v) is 6.77. The fourth-order valence-corrected chi connectivity index (χ4v) is 1.89. The molecule has 0 fully saturated rings. The van der Waals surface area contributed by atoms with Crippen LogP contribution in [-0.2, 0) is 9.53 Å². The van der Waals surface area contributed by atoms with Crippen LogP contribution in [0, 0.1) is 5.82 Å². The van der Waals surface area contributed by atoms with Crippen LogP contribution in [-0.4, -0.2) is 39.3 Å². The van der Waals surface area contributed by atoms with Gasteiger partial charge in [-0.05, 0) is 45.4 Å². The van der Waals surface area contributed by atoms with E-state index in [1.54, 1.807) is 27.7 Å². The number of hydrogen-bond donors (Lipinski definition) is 2. The molecular weight excluding hydrogens is 293 g/mol. The molecule has 0 aromatic heterocycles. The predicted molar refractivity (Wildman–Crippen MR) is 77.1 cm³/mol. The third-order valence-corrected chi connectivity index (χ3v) is 2.80. The molecule has 0 radical (unpaired) electrons. The van der Waals surface area contributed by atoms with E-state index in [9.17, 15) is 24.2 Å². The van der Waals surface area contributed by atoms with Crippen molar-refractivity contribution in [1.29, 1.82) is 0 Å². The summed E-state index contributed by atoms with van der Waals surface area (Å²) in [6, 6.07) is 1.78. The Morgan fingerprint density at radius 1 is 1.36 bits per heavy atom. The topological polar surface area (TPSA) is 87.1 Å². The average Bonchev–Trinajstić information content (AvgIpc) is 2.36. The van der Waals surface area contributed by atoms with Crippen molar-refractivity contribution < 1.29 is 28.9 Å². The molecule has 0 heterocycles. The number of hydrogen-bond acceptors (Lipinski definition) is 4. The molecule has 1 unspecified atom stereocenters. The third-order valence-electron chi connectivity index (χ3n) is 2.80. The van der Waals surface area contributed by atoms with E-state index in [1.807, 2.05) is 0 Å². The van der Waals surface area contributed by atoms with Crippen molar-refractivity contribution in [3.8, 4) is 5.75 Å². The first-order chi connectivity index (χ1) is 10.1. The molecule has 1 aromatic carbocycles. The number of rotatable bonds is 4. The SMILES string of the molecule is CCN(C(=O)OC(C)(C)C)C(C(=O)O)c1ccc(O)c(F)c1. The summed E-state index contributed by atoms with van der Waals surface area (Å²) < 4.78 is 18.6. The Hall–Kier alpha value is -2.31. The Balaban J connectivity index is 3.18. The number of halogens is 1. The molecule has 2 N–H and O–H groups in total. The zero-order chi connectivity index (χ0) is 17.1. The molecule has 0 aliphatic heterocycles. The van der Waals surface area contributed by atoms with Gasteiger partial charge in [-0.2, -0.15) is 0 Å². The maximum absolute atomic E-state index is 13.5. The van der Waals surface area contributed by atoms with Crippen molar-refractivity contribution in [1.82, 2.24) is 4.90 Å². The molecule has 1 amide bonds. The molecule has 0 aliphatic carbocycles. The van der Waals surface area contributed by atoms with Crippen LogP contribution in [0.15, 0.2) is 18.2 Å². The molecule has 1 atom stereocenters. The van der Waals surface area contributed by atoms with Crippen molar-refractivity contribution in [2.24, 2.45) is 0 Å². The minimum Gasteiger partial charge on any atom is -0.505 e. The molecule has 1 aromatic rings. The lowest BCUT2D eigenvalue weighted by atomic mass is 10.1. The molecule has 122 valence electrons. The maximum atomic E-state index is 13.5. The minimum absolute atomic E-state index is 0.0375. The molecule has 0 spiro atoms. The van der Waals surface area contributed by atoms with Crippen LogP contribution >= 0.6 is 0 Å². The maximum Gasteiger partial charge on any atom is 0.411 e. The number of nitrogens with zero attached hydrogens (tertiary/aromatic N) is 1. The molecule has 22 heavy (non-hydrogen) atoms. The number of aromatic hydroxyl groups is 1. The van der Waals surface area contributed by atoms with Crippen LogP contribution < -0.4 is 0 Å². The highest BCUT2D eigenvalue weighted by Crippen LogP contribution is 2.27. The number of likely N-dealkylation sites (N-methyl/N-ethyl adjacent to an activating group) is 1. The molecule has 1 rings (SSSR count). The zero-order valence-corrected chi connectivity index (χ0v) is 13.0. The van der Waals surface area contributed by atoms with Crippen LogP contribution in [0.4, 0.5) is 9.18 Å². The van der Waals surface area contributed by atoms with E-state index in [0.717, 1.165) is 17.0 Å². The minimum atomic E-state index is -1.41. The molecule has 0 aliphatic rings. The Labute approximate surface area is 128 Å². The monoisotopic (exact) mass is 313 g/mol. The van der Waals surface area contributed by atoms with E-state index in [-0.39, 0.29) is 12.1 Å².